The van der Waals surface area contributed by atoms with Crippen LogP contribution >= 0.6 is 22.7 Å². The van der Waals surface area contributed by atoms with Crippen molar-refractivity contribution in [2.75, 3.05) is 5.32 Å². The van der Waals surface area contributed by atoms with Crippen molar-refractivity contribution in [2.45, 2.75) is 19.4 Å². The standard InChI is InChI=1S/C18H16FN3O2S2/c1-11(23)20-14(16-3-2-8-25-16)9-17(24)22-18-21-15(10-26-18)12-4-6-13(19)7-5-12/h2-8,10,14H,9H2,1H3,(H,20,23)(H,21,22,24)/t14-/m0/s1. The van der Waals surface area contributed by atoms with Crippen LogP contribution in [-0.4, -0.2) is 16.8 Å². The number of nitrogens with one attached hydrogen (secondary N) is 2. The van der Waals surface area contributed by atoms with Gasteiger partial charge in [-0.3, -0.25) is 9.59 Å². The Hall–Kier alpha value is -2.58. The van der Waals surface area contributed by atoms with Gasteiger partial charge in [0.2, 0.25) is 11.8 Å². The second-order valence-corrected chi connectivity index (χ2v) is 7.40. The van der Waals surface area contributed by atoms with E-state index in [4.69, 9.17) is 0 Å². The van der Waals surface area contributed by atoms with Crippen molar-refractivity contribution in [1.82, 2.24) is 10.3 Å². The molecule has 2 heterocycles. The van der Waals surface area contributed by atoms with Gasteiger partial charge in [-0.2, -0.15) is 0 Å². The number of carbonyl (C=O) groups is 2. The van der Waals surface area contributed by atoms with Gasteiger partial charge in [-0.1, -0.05) is 6.07 Å². The van der Waals surface area contributed by atoms with Crippen LogP contribution in [0.3, 0.4) is 0 Å². The highest BCUT2D eigenvalue weighted by molar-refractivity contribution is 7.14. The summed E-state index contributed by atoms with van der Waals surface area (Å²) in [4.78, 5) is 29.0. The Morgan fingerprint density at radius 2 is 1.96 bits per heavy atom. The molecule has 0 aliphatic heterocycles. The van der Waals surface area contributed by atoms with Gasteiger partial charge in [-0.15, -0.1) is 22.7 Å². The Labute approximate surface area is 157 Å². The molecular formula is C18H16FN3O2S2. The summed E-state index contributed by atoms with van der Waals surface area (Å²) >= 11 is 2.78. The Morgan fingerprint density at radius 3 is 2.62 bits per heavy atom. The van der Waals surface area contributed by atoms with Crippen molar-refractivity contribution in [1.29, 1.82) is 0 Å². The van der Waals surface area contributed by atoms with Crippen LogP contribution in [0.1, 0.15) is 24.3 Å². The molecule has 0 bridgehead atoms. The monoisotopic (exact) mass is 389 g/mol. The molecule has 2 aromatic heterocycles. The van der Waals surface area contributed by atoms with E-state index in [9.17, 15) is 14.0 Å². The summed E-state index contributed by atoms with van der Waals surface area (Å²) in [5.41, 5.74) is 1.44. The predicted octanol–water partition coefficient (Wildman–Crippen LogP) is 4.22. The quantitative estimate of drug-likeness (QED) is 0.663. The van der Waals surface area contributed by atoms with Crippen LogP contribution in [0, 0.1) is 5.82 Å². The van der Waals surface area contributed by atoms with Gasteiger partial charge in [0, 0.05) is 22.7 Å². The van der Waals surface area contributed by atoms with E-state index in [1.807, 2.05) is 17.5 Å². The lowest BCUT2D eigenvalue weighted by molar-refractivity contribution is -0.120. The lowest BCUT2D eigenvalue weighted by atomic mass is 10.1. The van der Waals surface area contributed by atoms with Crippen LogP contribution in [0.15, 0.2) is 47.2 Å². The number of anilines is 1. The van der Waals surface area contributed by atoms with Gasteiger partial charge in [0.25, 0.3) is 0 Å². The molecule has 0 fully saturated rings. The molecule has 0 saturated heterocycles. The van der Waals surface area contributed by atoms with Crippen molar-refractivity contribution in [3.63, 3.8) is 0 Å². The number of rotatable bonds is 6. The van der Waals surface area contributed by atoms with E-state index in [1.165, 1.54) is 41.7 Å². The summed E-state index contributed by atoms with van der Waals surface area (Å²) in [6.45, 7) is 1.42. The van der Waals surface area contributed by atoms with Gasteiger partial charge < -0.3 is 10.6 Å². The molecule has 1 atom stereocenters. The summed E-state index contributed by atoms with van der Waals surface area (Å²) in [6.07, 6.45) is 0.117. The highest BCUT2D eigenvalue weighted by Crippen LogP contribution is 2.26. The molecule has 134 valence electrons. The van der Waals surface area contributed by atoms with Crippen LogP contribution in [0.2, 0.25) is 0 Å². The van der Waals surface area contributed by atoms with E-state index in [1.54, 1.807) is 17.5 Å². The first-order chi connectivity index (χ1) is 12.5. The topological polar surface area (TPSA) is 71.1 Å². The fraction of sp³-hybridized carbons (Fsp3) is 0.167. The number of hydrogen-bond donors (Lipinski definition) is 2. The van der Waals surface area contributed by atoms with E-state index < -0.39 is 0 Å². The van der Waals surface area contributed by atoms with Gasteiger partial charge >= 0.3 is 0 Å². The van der Waals surface area contributed by atoms with E-state index in [0.717, 1.165) is 10.4 Å². The summed E-state index contributed by atoms with van der Waals surface area (Å²) in [7, 11) is 0. The minimum Gasteiger partial charge on any atom is -0.348 e. The summed E-state index contributed by atoms with van der Waals surface area (Å²) in [5, 5.41) is 9.71. The average molecular weight is 389 g/mol. The highest BCUT2D eigenvalue weighted by atomic mass is 32.1. The smallest absolute Gasteiger partial charge is 0.228 e. The summed E-state index contributed by atoms with van der Waals surface area (Å²) in [5.74, 6) is -0.740. The van der Waals surface area contributed by atoms with Crippen LogP contribution in [0.5, 0.6) is 0 Å². The summed E-state index contributed by atoms with van der Waals surface area (Å²) in [6, 6.07) is 9.40. The van der Waals surface area contributed by atoms with E-state index in [-0.39, 0.29) is 30.1 Å². The Morgan fingerprint density at radius 1 is 1.19 bits per heavy atom. The largest absolute Gasteiger partial charge is 0.348 e. The fourth-order valence-corrected chi connectivity index (χ4v) is 3.91. The molecule has 0 unspecified atom stereocenters. The number of thiophene rings is 1. The van der Waals surface area contributed by atoms with Crippen LogP contribution in [0.4, 0.5) is 9.52 Å². The van der Waals surface area contributed by atoms with Gasteiger partial charge in [0.1, 0.15) is 5.82 Å². The number of nitrogens with zero attached hydrogens (tertiary/aromatic N) is 1. The van der Waals surface area contributed by atoms with Crippen molar-refractivity contribution in [3.05, 3.63) is 57.9 Å². The molecule has 3 rings (SSSR count). The maximum Gasteiger partial charge on any atom is 0.228 e. The average Bonchev–Trinajstić information content (AvgIpc) is 3.26. The third-order valence-corrected chi connectivity index (χ3v) is 5.29. The number of halogens is 1. The molecule has 8 heteroatoms. The van der Waals surface area contributed by atoms with E-state index in [0.29, 0.717) is 10.8 Å². The first-order valence-corrected chi connectivity index (χ1v) is 9.59. The zero-order chi connectivity index (χ0) is 18.5. The van der Waals surface area contributed by atoms with Crippen molar-refractivity contribution >= 4 is 39.6 Å². The highest BCUT2D eigenvalue weighted by Gasteiger charge is 2.19. The number of carbonyl (C=O) groups excluding carboxylic acids is 2. The second-order valence-electron chi connectivity index (χ2n) is 5.57. The fourth-order valence-electron chi connectivity index (χ4n) is 2.40. The second kappa shape index (κ2) is 8.20. The molecular weight excluding hydrogens is 373 g/mol. The zero-order valence-corrected chi connectivity index (χ0v) is 15.5. The van der Waals surface area contributed by atoms with Crippen LogP contribution in [0.25, 0.3) is 11.3 Å². The minimum atomic E-state index is -0.371. The summed E-state index contributed by atoms with van der Waals surface area (Å²) < 4.78 is 13.0. The van der Waals surface area contributed by atoms with E-state index in [2.05, 4.69) is 15.6 Å². The number of aromatic nitrogens is 1. The first-order valence-electron chi connectivity index (χ1n) is 7.83. The Bertz CT molecular complexity index is 892. The normalized spacial score (nSPS) is 11.8. The predicted molar refractivity (Wildman–Crippen MR) is 102 cm³/mol. The number of hydrogen-bond acceptors (Lipinski definition) is 5. The number of amides is 2. The molecule has 2 amide bonds. The third-order valence-electron chi connectivity index (χ3n) is 3.54. The van der Waals surface area contributed by atoms with Crippen molar-refractivity contribution in [3.8, 4) is 11.3 Å². The molecule has 3 aromatic rings. The molecule has 0 spiro atoms. The number of benzene rings is 1. The SMILES string of the molecule is CC(=O)N[C@@H](CC(=O)Nc1nc(-c2ccc(F)cc2)cs1)c1cccs1. The maximum absolute atomic E-state index is 13.0. The third kappa shape index (κ3) is 4.74. The molecule has 0 radical (unpaired) electrons. The Kier molecular flexibility index (Phi) is 5.75. The molecule has 0 saturated carbocycles. The first kappa shape index (κ1) is 18.2. The van der Waals surface area contributed by atoms with Gasteiger partial charge in [0.05, 0.1) is 18.2 Å². The zero-order valence-electron chi connectivity index (χ0n) is 13.9. The van der Waals surface area contributed by atoms with Crippen molar-refractivity contribution in [2.24, 2.45) is 0 Å². The molecule has 5 nitrogen and oxygen atoms in total. The van der Waals surface area contributed by atoms with E-state index >= 15 is 0 Å². The molecule has 2 N–H and O–H groups in total. The molecule has 0 aliphatic carbocycles. The molecule has 0 aliphatic rings. The van der Waals surface area contributed by atoms with Crippen molar-refractivity contribution < 1.29 is 14.0 Å². The van der Waals surface area contributed by atoms with Gasteiger partial charge in [-0.25, -0.2) is 9.37 Å². The maximum atomic E-state index is 13.0. The molecule has 1 aromatic carbocycles. The molecule has 26 heavy (non-hydrogen) atoms. The Balaban J connectivity index is 1.65. The van der Waals surface area contributed by atoms with Crippen LogP contribution in [-0.2, 0) is 9.59 Å². The van der Waals surface area contributed by atoms with Crippen LogP contribution < -0.4 is 10.6 Å². The lowest BCUT2D eigenvalue weighted by Gasteiger charge is -2.15. The van der Waals surface area contributed by atoms with Gasteiger partial charge in [-0.05, 0) is 35.7 Å². The van der Waals surface area contributed by atoms with Gasteiger partial charge in [0.15, 0.2) is 5.13 Å². The lowest BCUT2D eigenvalue weighted by Crippen LogP contribution is -2.29. The minimum absolute atomic E-state index is 0.117. The number of thiazole rings is 1.